The van der Waals surface area contributed by atoms with Gasteiger partial charge in [0.05, 0.1) is 55.4 Å². The van der Waals surface area contributed by atoms with E-state index in [9.17, 15) is 19.2 Å². The molecule has 1 atom stereocenters. The summed E-state index contributed by atoms with van der Waals surface area (Å²) in [4.78, 5) is 55.4. The summed E-state index contributed by atoms with van der Waals surface area (Å²) in [5, 5.41) is 5.57. The standard InChI is InChI=1S/C40H46Cl2N4O9/c41-31-22-43-23-32(42)37(31)45-38(48)28-10-12-34(35(21-28)55-25-26-8-9-26)54-20-19-53-18-17-52-16-15-51-14-3-1-2-5-27-6-4-7-29-30(27)24-46(40(29)50)33-11-13-36(47)44-39(33)49/h4,6-7,10,12,21-23,26,33H,1-3,5,8-9,11,13-20,24-25H2,(H,43,45,48)(H,44,47,49). The second-order valence-corrected chi connectivity index (χ2v) is 14.5. The Kier molecular flexibility index (Phi) is 14.7. The molecule has 2 aromatic carbocycles. The molecular weight excluding hydrogens is 751 g/mol. The van der Waals surface area contributed by atoms with Crippen molar-refractivity contribution in [3.63, 3.8) is 0 Å². The molecular formula is C40H46Cl2N4O9. The number of carbonyl (C=O) groups is 4. The lowest BCUT2D eigenvalue weighted by Crippen LogP contribution is -2.52. The summed E-state index contributed by atoms with van der Waals surface area (Å²) in [7, 11) is 0. The van der Waals surface area contributed by atoms with Gasteiger partial charge in [0.15, 0.2) is 11.5 Å². The molecule has 1 aromatic heterocycles. The molecule has 4 amide bonds. The zero-order valence-corrected chi connectivity index (χ0v) is 32.1. The summed E-state index contributed by atoms with van der Waals surface area (Å²) in [6.45, 7) is 4.03. The van der Waals surface area contributed by atoms with Crippen molar-refractivity contribution in [2.45, 2.75) is 64.0 Å². The molecule has 13 nitrogen and oxygen atoms in total. The number of hydrogen-bond donors (Lipinski definition) is 2. The number of piperidine rings is 1. The van der Waals surface area contributed by atoms with E-state index in [-0.39, 0.29) is 34.0 Å². The number of amides is 4. The molecule has 2 fully saturated rings. The lowest BCUT2D eigenvalue weighted by atomic mass is 9.98. The van der Waals surface area contributed by atoms with Gasteiger partial charge in [0.2, 0.25) is 11.8 Å². The Hall–Kier alpha value is -4.27. The van der Waals surface area contributed by atoms with Gasteiger partial charge in [-0.1, -0.05) is 41.8 Å². The fraction of sp³-hybridized carbons (Fsp3) is 0.475. The average molecular weight is 798 g/mol. The number of aryl methyl sites for hydroxylation is 1. The lowest BCUT2D eigenvalue weighted by molar-refractivity contribution is -0.136. The maximum atomic E-state index is 13.1. The molecule has 0 bridgehead atoms. The number of fused-ring (bicyclic) bond motifs is 1. The van der Waals surface area contributed by atoms with E-state index in [2.05, 4.69) is 21.7 Å². The van der Waals surface area contributed by atoms with Crippen LogP contribution in [-0.4, -0.2) is 92.4 Å². The molecule has 294 valence electrons. The predicted molar refractivity (Wildman–Crippen MR) is 205 cm³/mol. The Morgan fingerprint density at radius 1 is 0.836 bits per heavy atom. The van der Waals surface area contributed by atoms with Gasteiger partial charge < -0.3 is 33.9 Å². The van der Waals surface area contributed by atoms with Crippen LogP contribution in [0.4, 0.5) is 5.69 Å². The minimum Gasteiger partial charge on any atom is -0.489 e. The minimum atomic E-state index is -0.606. The molecule has 1 unspecified atom stereocenters. The number of benzene rings is 2. The van der Waals surface area contributed by atoms with Crippen LogP contribution in [0.15, 0.2) is 48.8 Å². The van der Waals surface area contributed by atoms with Crippen LogP contribution >= 0.6 is 23.2 Å². The molecule has 6 rings (SSSR count). The zero-order valence-electron chi connectivity index (χ0n) is 30.6. The number of imide groups is 1. The summed E-state index contributed by atoms with van der Waals surface area (Å²) in [5.74, 6) is 0.294. The number of anilines is 1. The first kappa shape index (κ1) is 40.4. The van der Waals surface area contributed by atoms with Crippen molar-refractivity contribution in [1.29, 1.82) is 0 Å². The number of hydrogen-bond acceptors (Lipinski definition) is 10. The molecule has 0 spiro atoms. The normalized spacial score (nSPS) is 16.6. The summed E-state index contributed by atoms with van der Waals surface area (Å²) < 4.78 is 29.0. The van der Waals surface area contributed by atoms with Gasteiger partial charge >= 0.3 is 0 Å². The van der Waals surface area contributed by atoms with Gasteiger partial charge in [-0.15, -0.1) is 0 Å². The Morgan fingerprint density at radius 3 is 2.29 bits per heavy atom. The topological polar surface area (TPSA) is 155 Å². The van der Waals surface area contributed by atoms with Gasteiger partial charge in [-0.25, -0.2) is 0 Å². The van der Waals surface area contributed by atoms with E-state index < -0.39 is 17.9 Å². The van der Waals surface area contributed by atoms with Crippen molar-refractivity contribution < 1.29 is 42.9 Å². The van der Waals surface area contributed by atoms with E-state index in [0.717, 1.165) is 49.7 Å². The molecule has 2 aliphatic heterocycles. The zero-order chi connectivity index (χ0) is 38.6. The highest BCUT2D eigenvalue weighted by atomic mass is 35.5. The Bertz CT molecular complexity index is 1820. The number of nitrogens with one attached hydrogen (secondary N) is 2. The van der Waals surface area contributed by atoms with Gasteiger partial charge in [0.25, 0.3) is 11.8 Å². The van der Waals surface area contributed by atoms with Crippen LogP contribution in [0.3, 0.4) is 0 Å². The number of rotatable bonds is 22. The van der Waals surface area contributed by atoms with Crippen molar-refractivity contribution in [1.82, 2.24) is 15.2 Å². The van der Waals surface area contributed by atoms with E-state index in [1.807, 2.05) is 12.1 Å². The summed E-state index contributed by atoms with van der Waals surface area (Å²) >= 11 is 12.3. The van der Waals surface area contributed by atoms with Gasteiger partial charge in [-0.05, 0) is 79.8 Å². The lowest BCUT2D eigenvalue weighted by Gasteiger charge is -2.29. The molecule has 15 heteroatoms. The van der Waals surface area contributed by atoms with Crippen LogP contribution in [0.5, 0.6) is 11.5 Å². The van der Waals surface area contributed by atoms with Gasteiger partial charge in [0, 0.05) is 43.1 Å². The average Bonchev–Trinajstić information content (AvgIpc) is 3.95. The van der Waals surface area contributed by atoms with Gasteiger partial charge in [-0.3, -0.25) is 29.5 Å². The van der Waals surface area contributed by atoms with E-state index in [0.29, 0.717) is 94.4 Å². The fourth-order valence-electron chi connectivity index (χ4n) is 6.42. The number of aromatic nitrogens is 1. The van der Waals surface area contributed by atoms with Crippen molar-refractivity contribution in [3.05, 3.63) is 81.1 Å². The fourth-order valence-corrected chi connectivity index (χ4v) is 6.88. The van der Waals surface area contributed by atoms with Crippen LogP contribution < -0.4 is 20.1 Å². The summed E-state index contributed by atoms with van der Waals surface area (Å²) in [6, 6.07) is 10.2. The number of halogens is 2. The quantitative estimate of drug-likeness (QED) is 0.0910. The third kappa shape index (κ3) is 11.4. The maximum absolute atomic E-state index is 13.1. The summed E-state index contributed by atoms with van der Waals surface area (Å²) in [5.41, 5.74) is 3.42. The molecule has 1 saturated carbocycles. The van der Waals surface area contributed by atoms with Crippen molar-refractivity contribution in [2.24, 2.45) is 5.92 Å². The molecule has 3 aliphatic rings. The van der Waals surface area contributed by atoms with Crippen LogP contribution in [0, 0.1) is 5.92 Å². The Labute approximate surface area is 330 Å². The first-order valence-corrected chi connectivity index (χ1v) is 19.5. The van der Waals surface area contributed by atoms with Crippen LogP contribution in [-0.2, 0) is 36.8 Å². The van der Waals surface area contributed by atoms with Crippen molar-refractivity contribution in [2.75, 3.05) is 58.2 Å². The van der Waals surface area contributed by atoms with Crippen molar-refractivity contribution >= 4 is 52.5 Å². The van der Waals surface area contributed by atoms with E-state index in [1.165, 1.54) is 12.4 Å². The number of nitrogens with zero attached hydrogens (tertiary/aromatic N) is 2. The Balaban J connectivity index is 0.803. The highest BCUT2D eigenvalue weighted by molar-refractivity contribution is 6.39. The molecule has 3 aromatic rings. The SMILES string of the molecule is O=C1CCC(N2Cc3c(CCCCCOCCOCCOCCOc4ccc(C(=O)Nc5c(Cl)cncc5Cl)cc4OCC4CC4)cccc3C2=O)C(=O)N1. The Morgan fingerprint density at radius 2 is 1.56 bits per heavy atom. The van der Waals surface area contributed by atoms with E-state index in [1.54, 1.807) is 23.1 Å². The van der Waals surface area contributed by atoms with Crippen LogP contribution in [0.2, 0.25) is 10.0 Å². The molecule has 1 aliphatic carbocycles. The molecule has 0 radical (unpaired) electrons. The van der Waals surface area contributed by atoms with E-state index in [4.69, 9.17) is 46.9 Å². The van der Waals surface area contributed by atoms with Gasteiger partial charge in [0.1, 0.15) is 12.6 Å². The number of ether oxygens (including phenoxy) is 5. The smallest absolute Gasteiger partial charge is 0.255 e. The van der Waals surface area contributed by atoms with Crippen molar-refractivity contribution in [3.8, 4) is 11.5 Å². The van der Waals surface area contributed by atoms with Crippen LogP contribution in [0.25, 0.3) is 0 Å². The predicted octanol–water partition coefficient (Wildman–Crippen LogP) is 6.03. The molecule has 55 heavy (non-hydrogen) atoms. The van der Waals surface area contributed by atoms with Crippen LogP contribution in [0.1, 0.15) is 76.8 Å². The largest absolute Gasteiger partial charge is 0.489 e. The third-order valence-electron chi connectivity index (χ3n) is 9.61. The minimum absolute atomic E-state index is 0.144. The first-order chi connectivity index (χ1) is 26.8. The number of carbonyl (C=O) groups excluding carboxylic acids is 4. The maximum Gasteiger partial charge on any atom is 0.255 e. The second-order valence-electron chi connectivity index (χ2n) is 13.7. The van der Waals surface area contributed by atoms with Gasteiger partial charge in [-0.2, -0.15) is 0 Å². The highest BCUT2D eigenvalue weighted by Gasteiger charge is 2.39. The second kappa shape index (κ2) is 20.1. The molecule has 3 heterocycles. The van der Waals surface area contributed by atoms with E-state index >= 15 is 0 Å². The first-order valence-electron chi connectivity index (χ1n) is 18.8. The third-order valence-corrected chi connectivity index (χ3v) is 10.2. The monoisotopic (exact) mass is 796 g/mol. The number of pyridine rings is 1. The highest BCUT2D eigenvalue weighted by Crippen LogP contribution is 2.35. The molecule has 2 N–H and O–H groups in total. The summed E-state index contributed by atoms with van der Waals surface area (Å²) in [6.07, 6.45) is 9.36. The molecule has 1 saturated heterocycles. The number of unbranched alkanes of at least 4 members (excludes halogenated alkanes) is 2.